The summed E-state index contributed by atoms with van der Waals surface area (Å²) in [4.78, 5) is 12.4. The van der Waals surface area contributed by atoms with Gasteiger partial charge in [0.25, 0.3) is 0 Å². The molecule has 1 aliphatic carbocycles. The summed E-state index contributed by atoms with van der Waals surface area (Å²) >= 11 is 5.08. The van der Waals surface area contributed by atoms with Crippen molar-refractivity contribution in [1.82, 2.24) is 5.32 Å². The Morgan fingerprint density at radius 1 is 1.32 bits per heavy atom. The number of carbonyl (C=O) groups excluding carboxylic acids is 1. The van der Waals surface area contributed by atoms with Crippen molar-refractivity contribution in [2.75, 3.05) is 0 Å². The van der Waals surface area contributed by atoms with Crippen molar-refractivity contribution < 1.29 is 9.18 Å². The molecule has 1 saturated carbocycles. The minimum absolute atomic E-state index is 0.124. The second-order valence-corrected chi connectivity index (χ2v) is 5.44. The fraction of sp³-hybridized carbons (Fsp3) is 0.429. The SMILES string of the molecule is NC(=S)C1(NC(=O)Cc2ccc(F)cc2)CCCC1. The van der Waals surface area contributed by atoms with Crippen molar-refractivity contribution in [3.8, 4) is 0 Å². The van der Waals surface area contributed by atoms with Crippen LogP contribution < -0.4 is 11.1 Å². The molecule has 0 saturated heterocycles. The number of nitrogens with two attached hydrogens (primary N) is 1. The molecule has 102 valence electrons. The lowest BCUT2D eigenvalue weighted by atomic mass is 9.97. The van der Waals surface area contributed by atoms with Crippen LogP contribution in [0.4, 0.5) is 4.39 Å². The van der Waals surface area contributed by atoms with E-state index in [2.05, 4.69) is 5.32 Å². The minimum Gasteiger partial charge on any atom is -0.391 e. The molecule has 5 heteroatoms. The number of carbonyl (C=O) groups is 1. The topological polar surface area (TPSA) is 55.1 Å². The van der Waals surface area contributed by atoms with Gasteiger partial charge in [-0.15, -0.1) is 0 Å². The van der Waals surface area contributed by atoms with Crippen LogP contribution >= 0.6 is 12.2 Å². The molecule has 0 unspecified atom stereocenters. The molecule has 0 bridgehead atoms. The molecule has 0 atom stereocenters. The lowest BCUT2D eigenvalue weighted by Crippen LogP contribution is -2.55. The van der Waals surface area contributed by atoms with E-state index in [1.165, 1.54) is 12.1 Å². The van der Waals surface area contributed by atoms with Gasteiger partial charge in [-0.3, -0.25) is 4.79 Å². The van der Waals surface area contributed by atoms with Gasteiger partial charge in [0.05, 0.1) is 16.9 Å². The highest BCUT2D eigenvalue weighted by molar-refractivity contribution is 7.80. The highest BCUT2D eigenvalue weighted by Gasteiger charge is 2.37. The summed E-state index contributed by atoms with van der Waals surface area (Å²) in [5, 5.41) is 2.96. The van der Waals surface area contributed by atoms with Crippen LogP contribution in [0.5, 0.6) is 0 Å². The number of hydrogen-bond acceptors (Lipinski definition) is 2. The maximum Gasteiger partial charge on any atom is 0.225 e. The van der Waals surface area contributed by atoms with E-state index in [-0.39, 0.29) is 18.1 Å². The van der Waals surface area contributed by atoms with Gasteiger partial charge in [0.2, 0.25) is 5.91 Å². The van der Waals surface area contributed by atoms with Gasteiger partial charge >= 0.3 is 0 Å². The predicted molar refractivity (Wildman–Crippen MR) is 76.2 cm³/mol. The summed E-state index contributed by atoms with van der Waals surface area (Å²) in [6, 6.07) is 5.91. The number of amides is 1. The highest BCUT2D eigenvalue weighted by atomic mass is 32.1. The summed E-state index contributed by atoms with van der Waals surface area (Å²) in [6.07, 6.45) is 3.86. The van der Waals surface area contributed by atoms with Gasteiger partial charge in [-0.1, -0.05) is 37.2 Å². The molecular weight excluding hydrogens is 263 g/mol. The molecule has 3 nitrogen and oxygen atoms in total. The number of nitrogens with one attached hydrogen (secondary N) is 1. The third kappa shape index (κ3) is 3.29. The van der Waals surface area contributed by atoms with E-state index in [0.717, 1.165) is 31.2 Å². The van der Waals surface area contributed by atoms with E-state index in [0.29, 0.717) is 4.99 Å². The summed E-state index contributed by atoms with van der Waals surface area (Å²) < 4.78 is 12.8. The Kier molecular flexibility index (Phi) is 4.14. The summed E-state index contributed by atoms with van der Waals surface area (Å²) in [6.45, 7) is 0. The van der Waals surface area contributed by atoms with E-state index >= 15 is 0 Å². The molecule has 0 radical (unpaired) electrons. The zero-order chi connectivity index (χ0) is 13.9. The molecule has 1 aromatic carbocycles. The van der Waals surface area contributed by atoms with Crippen molar-refractivity contribution in [2.24, 2.45) is 5.73 Å². The molecular formula is C14H17FN2OS. The number of rotatable bonds is 4. The first-order chi connectivity index (χ1) is 9.02. The van der Waals surface area contributed by atoms with Gasteiger partial charge in [-0.05, 0) is 30.5 Å². The Morgan fingerprint density at radius 3 is 2.42 bits per heavy atom. The summed E-state index contributed by atoms with van der Waals surface area (Å²) in [5.41, 5.74) is 6.01. The molecule has 1 aliphatic rings. The number of thiocarbonyl (C=S) groups is 1. The molecule has 1 amide bonds. The van der Waals surface area contributed by atoms with Crippen molar-refractivity contribution in [3.63, 3.8) is 0 Å². The van der Waals surface area contributed by atoms with Crippen LogP contribution in [0.2, 0.25) is 0 Å². The van der Waals surface area contributed by atoms with Crippen LogP contribution in [-0.4, -0.2) is 16.4 Å². The van der Waals surface area contributed by atoms with Gasteiger partial charge in [0, 0.05) is 0 Å². The Labute approximate surface area is 117 Å². The quantitative estimate of drug-likeness (QED) is 0.830. The van der Waals surface area contributed by atoms with Crippen molar-refractivity contribution in [3.05, 3.63) is 35.6 Å². The first-order valence-electron chi connectivity index (χ1n) is 6.37. The van der Waals surface area contributed by atoms with Crippen LogP contribution in [0, 0.1) is 5.82 Å². The second-order valence-electron chi connectivity index (χ2n) is 5.00. The fourth-order valence-corrected chi connectivity index (χ4v) is 2.77. The largest absolute Gasteiger partial charge is 0.391 e. The van der Waals surface area contributed by atoms with Crippen LogP contribution in [0.15, 0.2) is 24.3 Å². The average molecular weight is 280 g/mol. The first-order valence-corrected chi connectivity index (χ1v) is 6.78. The molecule has 0 spiro atoms. The lowest BCUT2D eigenvalue weighted by molar-refractivity contribution is -0.121. The van der Waals surface area contributed by atoms with E-state index in [1.807, 2.05) is 0 Å². The number of hydrogen-bond donors (Lipinski definition) is 2. The predicted octanol–water partition coefficient (Wildman–Crippen LogP) is 2.08. The number of halogens is 1. The molecule has 3 N–H and O–H groups in total. The zero-order valence-electron chi connectivity index (χ0n) is 10.6. The standard InChI is InChI=1S/C14H17FN2OS/c15-11-5-3-10(4-6-11)9-12(18)17-14(13(16)19)7-1-2-8-14/h3-6H,1-2,7-9H2,(H2,16,19)(H,17,18). The Bertz CT molecular complexity index is 481. The molecule has 2 rings (SSSR count). The molecule has 1 fully saturated rings. The molecule has 0 aromatic heterocycles. The Hall–Kier alpha value is -1.49. The van der Waals surface area contributed by atoms with Crippen LogP contribution in [0.3, 0.4) is 0 Å². The Balaban J connectivity index is 2.00. The van der Waals surface area contributed by atoms with Crippen LogP contribution in [0.25, 0.3) is 0 Å². The maximum absolute atomic E-state index is 12.8. The fourth-order valence-electron chi connectivity index (χ4n) is 2.51. The molecule has 0 heterocycles. The van der Waals surface area contributed by atoms with E-state index in [1.54, 1.807) is 12.1 Å². The van der Waals surface area contributed by atoms with Gasteiger partial charge in [-0.2, -0.15) is 0 Å². The van der Waals surface area contributed by atoms with Crippen LogP contribution in [-0.2, 0) is 11.2 Å². The van der Waals surface area contributed by atoms with Gasteiger partial charge in [0.15, 0.2) is 0 Å². The van der Waals surface area contributed by atoms with Gasteiger partial charge in [-0.25, -0.2) is 4.39 Å². The highest BCUT2D eigenvalue weighted by Crippen LogP contribution is 2.30. The van der Waals surface area contributed by atoms with Gasteiger partial charge in [0.1, 0.15) is 5.82 Å². The minimum atomic E-state index is -0.521. The van der Waals surface area contributed by atoms with E-state index in [4.69, 9.17) is 18.0 Å². The average Bonchev–Trinajstić information content (AvgIpc) is 2.82. The second kappa shape index (κ2) is 5.65. The Morgan fingerprint density at radius 2 is 1.89 bits per heavy atom. The molecule has 19 heavy (non-hydrogen) atoms. The van der Waals surface area contributed by atoms with E-state index < -0.39 is 5.54 Å². The third-order valence-corrected chi connectivity index (χ3v) is 3.98. The lowest BCUT2D eigenvalue weighted by Gasteiger charge is -2.29. The van der Waals surface area contributed by atoms with Crippen LogP contribution in [0.1, 0.15) is 31.2 Å². The molecule has 1 aromatic rings. The summed E-state index contributed by atoms with van der Waals surface area (Å²) in [5.74, 6) is -0.430. The van der Waals surface area contributed by atoms with Crippen molar-refractivity contribution in [1.29, 1.82) is 0 Å². The van der Waals surface area contributed by atoms with Gasteiger partial charge < -0.3 is 11.1 Å². The van der Waals surface area contributed by atoms with E-state index in [9.17, 15) is 9.18 Å². The zero-order valence-corrected chi connectivity index (χ0v) is 11.4. The maximum atomic E-state index is 12.8. The number of benzene rings is 1. The first kappa shape index (κ1) is 13.9. The summed E-state index contributed by atoms with van der Waals surface area (Å²) in [7, 11) is 0. The normalized spacial score (nSPS) is 17.1. The van der Waals surface area contributed by atoms with Crippen molar-refractivity contribution in [2.45, 2.75) is 37.6 Å². The monoisotopic (exact) mass is 280 g/mol. The third-order valence-electron chi connectivity index (χ3n) is 3.59. The van der Waals surface area contributed by atoms with Crippen molar-refractivity contribution >= 4 is 23.1 Å². The smallest absolute Gasteiger partial charge is 0.225 e. The molecule has 0 aliphatic heterocycles.